The summed E-state index contributed by atoms with van der Waals surface area (Å²) >= 11 is 0. The van der Waals surface area contributed by atoms with Crippen molar-refractivity contribution in [3.05, 3.63) is 89.9 Å². The number of imidazole rings is 1. The minimum absolute atomic E-state index is 0.0287. The van der Waals surface area contributed by atoms with E-state index >= 15 is 0 Å². The Bertz CT molecular complexity index is 1360. The van der Waals surface area contributed by atoms with Gasteiger partial charge in [0.25, 0.3) is 0 Å². The second-order valence-electron chi connectivity index (χ2n) is 7.31. The van der Waals surface area contributed by atoms with E-state index in [9.17, 15) is 13.2 Å². The van der Waals surface area contributed by atoms with Gasteiger partial charge in [0.2, 0.25) is 9.84 Å². The van der Waals surface area contributed by atoms with Crippen LogP contribution in [0.15, 0.2) is 83.0 Å². The molecule has 31 heavy (non-hydrogen) atoms. The van der Waals surface area contributed by atoms with E-state index in [0.717, 1.165) is 16.8 Å². The second-order valence-corrected chi connectivity index (χ2v) is 9.26. The van der Waals surface area contributed by atoms with Gasteiger partial charge < -0.3 is 9.14 Å². The zero-order chi connectivity index (χ0) is 22.0. The third-order valence-corrected chi connectivity index (χ3v) is 7.03. The van der Waals surface area contributed by atoms with Crippen LogP contribution in [0.4, 0.5) is 0 Å². The highest BCUT2D eigenvalue weighted by Gasteiger charge is 2.19. The van der Waals surface area contributed by atoms with Crippen molar-refractivity contribution in [1.29, 1.82) is 0 Å². The highest BCUT2D eigenvalue weighted by molar-refractivity contribution is 7.91. The molecule has 4 aromatic rings. The summed E-state index contributed by atoms with van der Waals surface area (Å²) in [6.45, 7) is 1.81. The highest BCUT2D eigenvalue weighted by atomic mass is 32.2. The Hall–Kier alpha value is -3.45. The minimum Gasteiger partial charge on any atom is -0.496 e. The summed E-state index contributed by atoms with van der Waals surface area (Å²) in [5.41, 5.74) is 3.08. The van der Waals surface area contributed by atoms with E-state index in [1.807, 2.05) is 17.4 Å². The number of benzene rings is 2. The number of pyridine rings is 1. The summed E-state index contributed by atoms with van der Waals surface area (Å²) in [5.74, 6) is 0.673. The molecule has 0 spiro atoms. The van der Waals surface area contributed by atoms with Crippen molar-refractivity contribution in [2.45, 2.75) is 29.6 Å². The molecule has 0 amide bonds. The number of carbonyl (C=O) groups is 1. The molecule has 0 atom stereocenters. The lowest BCUT2D eigenvalue weighted by atomic mass is 10.0. The first-order valence-corrected chi connectivity index (χ1v) is 11.3. The summed E-state index contributed by atoms with van der Waals surface area (Å²) in [7, 11) is -2.07. The number of hydrogen-bond donors (Lipinski definition) is 0. The largest absolute Gasteiger partial charge is 0.496 e. The number of rotatable bonds is 7. The molecule has 0 aliphatic heterocycles. The lowest BCUT2D eigenvalue weighted by molar-refractivity contribution is 0.0982. The highest BCUT2D eigenvalue weighted by Crippen LogP contribution is 2.26. The van der Waals surface area contributed by atoms with Crippen LogP contribution in [-0.2, 0) is 16.3 Å². The number of sulfone groups is 1. The number of carbonyl (C=O) groups excluding carboxylic acids is 1. The van der Waals surface area contributed by atoms with Crippen LogP contribution >= 0.6 is 0 Å². The molecule has 2 heterocycles. The maximum absolute atomic E-state index is 12.9. The Morgan fingerprint density at radius 1 is 1.03 bits per heavy atom. The molecular weight excluding hydrogens is 412 g/mol. The normalized spacial score (nSPS) is 11.5. The van der Waals surface area contributed by atoms with Crippen LogP contribution in [-0.4, -0.2) is 30.7 Å². The third kappa shape index (κ3) is 4.22. The maximum atomic E-state index is 12.9. The van der Waals surface area contributed by atoms with Gasteiger partial charge in [-0.05, 0) is 66.9 Å². The van der Waals surface area contributed by atoms with Crippen LogP contribution in [0.1, 0.15) is 27.9 Å². The average molecular weight is 435 g/mol. The molecule has 2 aromatic heterocycles. The third-order valence-electron chi connectivity index (χ3n) is 5.26. The van der Waals surface area contributed by atoms with Gasteiger partial charge in [0.05, 0.1) is 16.9 Å². The average Bonchev–Trinajstić information content (AvgIpc) is 3.25. The van der Waals surface area contributed by atoms with Gasteiger partial charge in [-0.15, -0.1) is 0 Å². The van der Waals surface area contributed by atoms with Crippen molar-refractivity contribution in [2.75, 3.05) is 7.11 Å². The van der Waals surface area contributed by atoms with Crippen LogP contribution in [0.3, 0.4) is 0 Å². The first kappa shape index (κ1) is 20.8. The number of methoxy groups -OCH3 is 1. The number of Topliss-reactive ketones (excluding diaryl/α,β-unsaturated/α-hetero) is 1. The molecule has 0 unspecified atom stereocenters. The fourth-order valence-electron chi connectivity index (χ4n) is 3.48. The number of aromatic nitrogens is 2. The first-order chi connectivity index (χ1) is 14.9. The SMILES string of the molecule is COc1ccc(S(=O)(=O)c2ccc(CCC(=O)c3ccc4nccn4c3)cc2)cc1C. The summed E-state index contributed by atoms with van der Waals surface area (Å²) < 4.78 is 32.9. The number of aryl methyl sites for hydroxylation is 2. The maximum Gasteiger partial charge on any atom is 0.206 e. The zero-order valence-electron chi connectivity index (χ0n) is 17.3. The van der Waals surface area contributed by atoms with Crippen molar-refractivity contribution in [1.82, 2.24) is 9.38 Å². The fourth-order valence-corrected chi connectivity index (χ4v) is 4.82. The van der Waals surface area contributed by atoms with Crippen molar-refractivity contribution < 1.29 is 17.9 Å². The summed E-state index contributed by atoms with van der Waals surface area (Å²) in [6, 6.07) is 15.1. The quantitative estimate of drug-likeness (QED) is 0.405. The van der Waals surface area contributed by atoms with Gasteiger partial charge in [-0.3, -0.25) is 4.79 Å². The number of fused-ring (bicyclic) bond motifs is 1. The van der Waals surface area contributed by atoms with Crippen molar-refractivity contribution in [3.8, 4) is 5.75 Å². The topological polar surface area (TPSA) is 77.7 Å². The number of ketones is 1. The Kier molecular flexibility index (Phi) is 5.61. The molecular formula is C24H22N2O4S. The predicted molar refractivity (Wildman–Crippen MR) is 117 cm³/mol. The molecule has 7 heteroatoms. The molecule has 0 aliphatic carbocycles. The molecule has 158 valence electrons. The molecule has 0 bridgehead atoms. The zero-order valence-corrected chi connectivity index (χ0v) is 18.1. The first-order valence-electron chi connectivity index (χ1n) is 9.83. The van der Waals surface area contributed by atoms with E-state index in [1.165, 1.54) is 0 Å². The summed E-state index contributed by atoms with van der Waals surface area (Å²) in [4.78, 5) is 17.2. The predicted octanol–water partition coefficient (Wildman–Crippen LogP) is 4.30. The molecule has 0 saturated carbocycles. The fraction of sp³-hybridized carbons (Fsp3) is 0.167. The molecule has 0 aliphatic rings. The molecule has 2 aromatic carbocycles. The Labute approximate surface area is 181 Å². The number of nitrogens with zero attached hydrogens (tertiary/aromatic N) is 2. The van der Waals surface area contributed by atoms with E-state index in [1.54, 1.807) is 74.2 Å². The van der Waals surface area contributed by atoms with Gasteiger partial charge in [0.15, 0.2) is 5.78 Å². The van der Waals surface area contributed by atoms with E-state index in [0.29, 0.717) is 24.2 Å². The molecule has 4 rings (SSSR count). The van der Waals surface area contributed by atoms with E-state index < -0.39 is 9.84 Å². The minimum atomic E-state index is -3.62. The number of ether oxygens (including phenoxy) is 1. The number of hydrogen-bond acceptors (Lipinski definition) is 5. The monoisotopic (exact) mass is 434 g/mol. The smallest absolute Gasteiger partial charge is 0.206 e. The lowest BCUT2D eigenvalue weighted by Gasteiger charge is -2.09. The van der Waals surface area contributed by atoms with E-state index in [4.69, 9.17) is 4.74 Å². The molecule has 0 N–H and O–H groups in total. The van der Waals surface area contributed by atoms with Gasteiger partial charge in [0.1, 0.15) is 11.4 Å². The molecule has 0 saturated heterocycles. The van der Waals surface area contributed by atoms with Crippen LogP contribution in [0, 0.1) is 6.92 Å². The Balaban J connectivity index is 1.46. The van der Waals surface area contributed by atoms with Crippen LogP contribution in [0.25, 0.3) is 5.65 Å². The lowest BCUT2D eigenvalue weighted by Crippen LogP contribution is -2.04. The molecule has 6 nitrogen and oxygen atoms in total. The molecule has 0 radical (unpaired) electrons. The van der Waals surface area contributed by atoms with Gasteiger partial charge >= 0.3 is 0 Å². The van der Waals surface area contributed by atoms with Crippen LogP contribution < -0.4 is 4.74 Å². The van der Waals surface area contributed by atoms with Crippen LogP contribution in [0.5, 0.6) is 5.75 Å². The van der Waals surface area contributed by atoms with Gasteiger partial charge in [-0.2, -0.15) is 0 Å². The molecule has 0 fully saturated rings. The van der Waals surface area contributed by atoms with Crippen LogP contribution in [0.2, 0.25) is 0 Å². The van der Waals surface area contributed by atoms with Crippen molar-refractivity contribution in [3.63, 3.8) is 0 Å². The summed E-state index contributed by atoms with van der Waals surface area (Å²) in [6.07, 6.45) is 6.13. The van der Waals surface area contributed by atoms with E-state index in [-0.39, 0.29) is 15.6 Å². The van der Waals surface area contributed by atoms with Gasteiger partial charge in [0, 0.05) is 30.6 Å². The standard InChI is InChI=1S/C24H22N2O4S/c1-17-15-21(9-11-23(17)30-2)31(28,29)20-7-3-18(4-8-20)5-10-22(27)19-6-12-24-25-13-14-26(24)16-19/h3-4,6-9,11-16H,5,10H2,1-2H3. The Morgan fingerprint density at radius 3 is 2.48 bits per heavy atom. The summed E-state index contributed by atoms with van der Waals surface area (Å²) in [5, 5.41) is 0. The Morgan fingerprint density at radius 2 is 1.77 bits per heavy atom. The second kappa shape index (κ2) is 8.35. The van der Waals surface area contributed by atoms with Crippen molar-refractivity contribution >= 4 is 21.3 Å². The van der Waals surface area contributed by atoms with Crippen molar-refractivity contribution in [2.24, 2.45) is 0 Å². The van der Waals surface area contributed by atoms with Gasteiger partial charge in [-0.25, -0.2) is 13.4 Å². The van der Waals surface area contributed by atoms with Gasteiger partial charge in [-0.1, -0.05) is 12.1 Å². The van der Waals surface area contributed by atoms with E-state index in [2.05, 4.69) is 4.98 Å².